The van der Waals surface area contributed by atoms with Crippen molar-refractivity contribution in [3.05, 3.63) is 47.8 Å². The molecule has 2 bridgehead atoms. The number of hydrogen-bond acceptors (Lipinski definition) is 7. The van der Waals surface area contributed by atoms with Crippen LogP contribution in [-0.4, -0.2) is 67.9 Å². The maximum atomic E-state index is 13.7. The number of ether oxygens (including phenoxy) is 1. The highest BCUT2D eigenvalue weighted by Crippen LogP contribution is 2.45. The molecule has 1 aliphatic carbocycles. The maximum absolute atomic E-state index is 13.7. The average molecular weight is 557 g/mol. The minimum Gasteiger partial charge on any atom is -0.477 e. The molecular weight excluding hydrogens is 516 g/mol. The fourth-order valence-electron chi connectivity index (χ4n) is 5.51. The number of nitrogens with one attached hydrogen (secondary N) is 2. The second-order valence-corrected chi connectivity index (χ2v) is 12.3. The molecule has 1 saturated carbocycles. The molecule has 10 heteroatoms. The lowest BCUT2D eigenvalue weighted by molar-refractivity contribution is 0.102. The van der Waals surface area contributed by atoms with Crippen LogP contribution in [0.2, 0.25) is 0 Å². The van der Waals surface area contributed by atoms with Gasteiger partial charge in [-0.05, 0) is 96.8 Å². The smallest absolute Gasteiger partial charge is 0.258 e. The Labute approximate surface area is 241 Å². The van der Waals surface area contributed by atoms with E-state index in [0.29, 0.717) is 35.6 Å². The molecule has 1 fully saturated rings. The lowest BCUT2D eigenvalue weighted by Crippen LogP contribution is -2.44. The fraction of sp³-hybridized carbons (Fsp3) is 0.484. The molecule has 1 aromatic carbocycles. The number of carbonyl (C=O) groups excluding carboxylic acids is 1. The average Bonchev–Trinajstić information content (AvgIpc) is 3.62. The van der Waals surface area contributed by atoms with Crippen LogP contribution in [0.1, 0.15) is 61.6 Å². The van der Waals surface area contributed by atoms with E-state index >= 15 is 0 Å². The van der Waals surface area contributed by atoms with Gasteiger partial charge in [-0.2, -0.15) is 5.10 Å². The van der Waals surface area contributed by atoms with Crippen molar-refractivity contribution in [3.63, 3.8) is 0 Å². The first-order chi connectivity index (χ1) is 19.6. The van der Waals surface area contributed by atoms with E-state index in [1.54, 1.807) is 16.9 Å². The van der Waals surface area contributed by atoms with Gasteiger partial charge in [0.1, 0.15) is 0 Å². The van der Waals surface area contributed by atoms with Gasteiger partial charge in [-0.1, -0.05) is 0 Å². The lowest BCUT2D eigenvalue weighted by Gasteiger charge is -2.33. The van der Waals surface area contributed by atoms with Crippen molar-refractivity contribution >= 4 is 28.6 Å². The monoisotopic (exact) mass is 556 g/mol. The first kappa shape index (κ1) is 27.3. The first-order valence-electron chi connectivity index (χ1n) is 14.5. The molecule has 0 saturated heterocycles. The number of fused-ring (bicyclic) bond motifs is 7. The number of benzene rings is 1. The van der Waals surface area contributed by atoms with E-state index in [1.807, 2.05) is 26.1 Å². The van der Waals surface area contributed by atoms with Crippen LogP contribution in [0.5, 0.6) is 5.88 Å². The van der Waals surface area contributed by atoms with E-state index < -0.39 is 0 Å². The number of imidazole rings is 1. The molecule has 216 valence electrons. The minimum atomic E-state index is -0.211. The number of carbonyl (C=O) groups is 1. The standard InChI is InChI=1S/C31H40N8O2/c1-19-14-21-15-25(34-19)23-17-33-38(6)29(23)41-13-7-8-26(20-9-10-20)39-27-16-22(32-18-31(2,3)37(4)5)11-12-24(27)35-30(39)36-28(21)40/h11-12,14-17,20,26,32H,7-10,13,18H2,1-6H3,(H,35,36,40). The SMILES string of the molecule is Cc1cc2cc(n1)-c1cnn(C)c1OCCCC(C1CC1)n1c(nc3ccc(NCC(C)(C)N(C)C)cc31)NC2=O. The van der Waals surface area contributed by atoms with Gasteiger partial charge < -0.3 is 19.5 Å². The summed E-state index contributed by atoms with van der Waals surface area (Å²) in [6, 6.07) is 10.1. The molecule has 2 aliphatic rings. The number of anilines is 2. The van der Waals surface area contributed by atoms with Crippen molar-refractivity contribution in [2.24, 2.45) is 13.0 Å². The van der Waals surface area contributed by atoms with Crippen LogP contribution in [0.4, 0.5) is 11.6 Å². The highest BCUT2D eigenvalue weighted by atomic mass is 16.5. The van der Waals surface area contributed by atoms with Crippen molar-refractivity contribution in [3.8, 4) is 17.1 Å². The van der Waals surface area contributed by atoms with Crippen LogP contribution in [0, 0.1) is 12.8 Å². The number of aromatic nitrogens is 5. The molecule has 1 amide bonds. The van der Waals surface area contributed by atoms with Gasteiger partial charge >= 0.3 is 0 Å². The van der Waals surface area contributed by atoms with Gasteiger partial charge in [0.2, 0.25) is 11.8 Å². The molecule has 2 N–H and O–H groups in total. The Hall–Kier alpha value is -3.92. The topological polar surface area (TPSA) is 102 Å². The van der Waals surface area contributed by atoms with E-state index in [2.05, 4.69) is 65.3 Å². The summed E-state index contributed by atoms with van der Waals surface area (Å²) in [5.41, 5.74) is 5.64. The maximum Gasteiger partial charge on any atom is 0.258 e. The molecule has 10 nitrogen and oxygen atoms in total. The molecule has 1 aliphatic heterocycles. The highest BCUT2D eigenvalue weighted by molar-refractivity contribution is 6.05. The van der Waals surface area contributed by atoms with Gasteiger partial charge in [-0.25, -0.2) is 9.67 Å². The van der Waals surface area contributed by atoms with E-state index in [9.17, 15) is 4.79 Å². The lowest BCUT2D eigenvalue weighted by atomic mass is 10.0. The summed E-state index contributed by atoms with van der Waals surface area (Å²) in [5.74, 6) is 1.59. The summed E-state index contributed by atoms with van der Waals surface area (Å²) in [6.45, 7) is 7.70. The van der Waals surface area contributed by atoms with Crippen LogP contribution in [0.3, 0.4) is 0 Å². The van der Waals surface area contributed by atoms with Crippen LogP contribution in [0.25, 0.3) is 22.3 Å². The quantitative estimate of drug-likeness (QED) is 0.345. The number of rotatable bonds is 5. The third-order valence-electron chi connectivity index (χ3n) is 8.61. The molecule has 41 heavy (non-hydrogen) atoms. The van der Waals surface area contributed by atoms with Gasteiger partial charge in [-0.3, -0.25) is 15.1 Å². The Morgan fingerprint density at radius 2 is 1.95 bits per heavy atom. The molecule has 3 aromatic heterocycles. The fourth-order valence-corrected chi connectivity index (χ4v) is 5.51. The van der Waals surface area contributed by atoms with Crippen molar-refractivity contribution in [2.75, 3.05) is 37.9 Å². The van der Waals surface area contributed by atoms with Crippen molar-refractivity contribution in [2.45, 2.75) is 58.0 Å². The van der Waals surface area contributed by atoms with Crippen LogP contribution < -0.4 is 15.4 Å². The number of amides is 1. The summed E-state index contributed by atoms with van der Waals surface area (Å²) in [7, 11) is 6.06. The summed E-state index contributed by atoms with van der Waals surface area (Å²) in [4.78, 5) is 25.6. The highest BCUT2D eigenvalue weighted by Gasteiger charge is 2.35. The van der Waals surface area contributed by atoms with E-state index in [-0.39, 0.29) is 17.5 Å². The van der Waals surface area contributed by atoms with Crippen LogP contribution in [-0.2, 0) is 7.05 Å². The van der Waals surface area contributed by atoms with Gasteiger partial charge in [0.05, 0.1) is 35.1 Å². The number of pyridine rings is 1. The number of nitrogens with zero attached hydrogens (tertiary/aromatic N) is 6. The summed E-state index contributed by atoms with van der Waals surface area (Å²) in [6.07, 6.45) is 5.88. The Balaban J connectivity index is 1.42. The van der Waals surface area contributed by atoms with E-state index in [1.165, 1.54) is 12.8 Å². The zero-order valence-corrected chi connectivity index (χ0v) is 24.9. The van der Waals surface area contributed by atoms with Crippen molar-refractivity contribution < 1.29 is 9.53 Å². The molecule has 0 radical (unpaired) electrons. The van der Waals surface area contributed by atoms with Gasteiger partial charge in [-0.15, -0.1) is 0 Å². The first-order valence-corrected chi connectivity index (χ1v) is 14.5. The molecule has 1 unspecified atom stereocenters. The molecule has 1 atom stereocenters. The predicted molar refractivity (Wildman–Crippen MR) is 162 cm³/mol. The largest absolute Gasteiger partial charge is 0.477 e. The Kier molecular flexibility index (Phi) is 6.97. The minimum absolute atomic E-state index is 0.00880. The van der Waals surface area contributed by atoms with Crippen molar-refractivity contribution in [1.82, 2.24) is 29.2 Å². The molecular formula is C31H40N8O2. The number of aryl methyl sites for hydroxylation is 2. The summed E-state index contributed by atoms with van der Waals surface area (Å²) < 4.78 is 10.3. The molecule has 6 rings (SSSR count). The molecule has 4 heterocycles. The Morgan fingerprint density at radius 1 is 1.15 bits per heavy atom. The second-order valence-electron chi connectivity index (χ2n) is 12.3. The van der Waals surface area contributed by atoms with Gasteiger partial charge in [0, 0.05) is 42.1 Å². The zero-order chi connectivity index (χ0) is 28.9. The second kappa shape index (κ2) is 10.5. The predicted octanol–water partition coefficient (Wildman–Crippen LogP) is 5.27. The summed E-state index contributed by atoms with van der Waals surface area (Å²) in [5, 5.41) is 11.2. The number of likely N-dealkylation sites (N-methyl/N-ethyl adjacent to an activating group) is 1. The van der Waals surface area contributed by atoms with E-state index in [0.717, 1.165) is 47.4 Å². The normalized spacial score (nSPS) is 17.9. The third kappa shape index (κ3) is 5.40. The van der Waals surface area contributed by atoms with Gasteiger partial charge in [0.25, 0.3) is 5.91 Å². The van der Waals surface area contributed by atoms with Crippen LogP contribution in [0.15, 0.2) is 36.5 Å². The Bertz CT molecular complexity index is 1600. The van der Waals surface area contributed by atoms with E-state index in [4.69, 9.17) is 14.7 Å². The van der Waals surface area contributed by atoms with Gasteiger partial charge in [0.15, 0.2) is 0 Å². The van der Waals surface area contributed by atoms with Crippen LogP contribution >= 0.6 is 0 Å². The third-order valence-corrected chi connectivity index (χ3v) is 8.61. The number of hydrogen-bond donors (Lipinski definition) is 2. The van der Waals surface area contributed by atoms with Crippen molar-refractivity contribution in [1.29, 1.82) is 0 Å². The zero-order valence-electron chi connectivity index (χ0n) is 24.9. The molecule has 0 spiro atoms. The summed E-state index contributed by atoms with van der Waals surface area (Å²) >= 11 is 0. The Morgan fingerprint density at radius 3 is 2.71 bits per heavy atom. The molecule has 4 aromatic rings.